The minimum Gasteiger partial charge on any atom is -0.394 e. The normalized spacial score (nSPS) is 17.8. The van der Waals surface area contributed by atoms with Crippen LogP contribution in [0.15, 0.2) is 106 Å². The molecule has 0 aliphatic carbocycles. The highest BCUT2D eigenvalue weighted by Crippen LogP contribution is 2.46. The van der Waals surface area contributed by atoms with E-state index in [1.165, 1.54) is 27.5 Å². The predicted molar refractivity (Wildman–Crippen MR) is 210 cm³/mol. The molecule has 0 amide bonds. The summed E-state index contributed by atoms with van der Waals surface area (Å²) in [6, 6.07) is 31.4. The fourth-order valence-electron chi connectivity index (χ4n) is 6.86. The van der Waals surface area contributed by atoms with E-state index in [9.17, 15) is 4.39 Å². The average Bonchev–Trinajstić information content (AvgIpc) is 3.43. The lowest BCUT2D eigenvalue weighted by atomic mass is 9.81. The van der Waals surface area contributed by atoms with Gasteiger partial charge in [0.25, 0.3) is 0 Å². The van der Waals surface area contributed by atoms with Crippen molar-refractivity contribution in [3.63, 3.8) is 0 Å². The first-order valence-electron chi connectivity index (χ1n) is 17.6. The number of aliphatic imine (C=N–C) groups is 1. The molecule has 1 N–H and O–H groups in total. The number of rotatable bonds is 10. The summed E-state index contributed by atoms with van der Waals surface area (Å²) in [6.07, 6.45) is 1.78. The van der Waals surface area contributed by atoms with Crippen molar-refractivity contribution in [2.24, 2.45) is 4.99 Å². The van der Waals surface area contributed by atoms with Gasteiger partial charge in [0.2, 0.25) is 0 Å². The van der Waals surface area contributed by atoms with Gasteiger partial charge < -0.3 is 24.4 Å². The summed E-state index contributed by atoms with van der Waals surface area (Å²) in [5.41, 5.74) is 5.45. The number of hydrogen-bond acceptors (Lipinski definition) is 9. The third-order valence-electron chi connectivity index (χ3n) is 9.49. The number of hydrogen-bond donors (Lipinski definition) is 1. The van der Waals surface area contributed by atoms with E-state index in [-0.39, 0.29) is 29.4 Å². The number of para-hydroxylation sites is 1. The molecule has 1 saturated heterocycles. The van der Waals surface area contributed by atoms with Gasteiger partial charge in [-0.25, -0.2) is 9.38 Å². The zero-order valence-corrected chi connectivity index (χ0v) is 32.4. The number of amidine groups is 1. The molecular formula is C41H47BrFN5O3S. The van der Waals surface area contributed by atoms with E-state index >= 15 is 0 Å². The Kier molecular flexibility index (Phi) is 14.4. The van der Waals surface area contributed by atoms with Crippen LogP contribution in [0.3, 0.4) is 0 Å². The molecule has 3 aliphatic heterocycles. The highest BCUT2D eigenvalue weighted by atomic mass is 79.9. The highest BCUT2D eigenvalue weighted by Gasteiger charge is 2.41. The lowest BCUT2D eigenvalue weighted by molar-refractivity contribution is -0.0140. The Morgan fingerprint density at radius 2 is 1.69 bits per heavy atom. The van der Waals surface area contributed by atoms with Gasteiger partial charge in [-0.05, 0) is 92.6 Å². The minimum atomic E-state index is -0.562. The Bertz CT molecular complexity index is 1850. The number of ether oxygens (including phenoxy) is 2. The quantitative estimate of drug-likeness (QED) is 0.169. The maximum atomic E-state index is 13.4. The standard InChI is InChI=1S/C21H25N3O2S.C20H21FN2O.BrH/c25-14-16-26-15-13-23-9-11-24(12-10-23)21-17-5-1-3-7-19(17)27-20-8-4-2-6-18(20)22-21;1-23(2)11-3-10-20(17-5-7-18(21)8-6-17)19-9-4-15(13-22)12-16(19)14-24-20;/h1-8,25H,9-16H2;4-9,12H,3,10-11,14H2,1-2H3;1H. The summed E-state index contributed by atoms with van der Waals surface area (Å²) in [5, 5.41) is 17.9. The van der Waals surface area contributed by atoms with Crippen LogP contribution in [0.2, 0.25) is 0 Å². The van der Waals surface area contributed by atoms with Crippen molar-refractivity contribution in [2.45, 2.75) is 34.8 Å². The lowest BCUT2D eigenvalue weighted by Crippen LogP contribution is -2.49. The zero-order valence-electron chi connectivity index (χ0n) is 29.8. The smallest absolute Gasteiger partial charge is 0.137 e. The second kappa shape index (κ2) is 18.9. The molecule has 52 heavy (non-hydrogen) atoms. The van der Waals surface area contributed by atoms with Crippen molar-refractivity contribution in [1.82, 2.24) is 14.7 Å². The fourth-order valence-corrected chi connectivity index (χ4v) is 7.88. The van der Waals surface area contributed by atoms with E-state index < -0.39 is 5.60 Å². The molecule has 11 heteroatoms. The number of aliphatic hydroxyl groups is 1. The van der Waals surface area contributed by atoms with Crippen LogP contribution in [0.25, 0.3) is 0 Å². The van der Waals surface area contributed by atoms with E-state index in [0.717, 1.165) is 80.3 Å². The van der Waals surface area contributed by atoms with Gasteiger partial charge in [-0.2, -0.15) is 5.26 Å². The third-order valence-corrected chi connectivity index (χ3v) is 10.6. The molecule has 1 atom stereocenters. The summed E-state index contributed by atoms with van der Waals surface area (Å²) >= 11 is 1.80. The van der Waals surface area contributed by atoms with Crippen molar-refractivity contribution in [3.05, 3.63) is 125 Å². The number of fused-ring (bicyclic) bond motifs is 3. The largest absolute Gasteiger partial charge is 0.394 e. The number of aliphatic hydroxyl groups excluding tert-OH is 1. The van der Waals surface area contributed by atoms with Gasteiger partial charge in [-0.3, -0.25) is 4.90 Å². The molecule has 8 nitrogen and oxygen atoms in total. The first-order chi connectivity index (χ1) is 24.9. The first-order valence-corrected chi connectivity index (χ1v) is 18.4. The number of benzene rings is 4. The summed E-state index contributed by atoms with van der Waals surface area (Å²) in [4.78, 5) is 14.5. The van der Waals surface area contributed by atoms with Crippen molar-refractivity contribution >= 4 is 40.3 Å². The Labute approximate surface area is 321 Å². The van der Waals surface area contributed by atoms with Crippen LogP contribution in [0.1, 0.15) is 40.7 Å². The maximum Gasteiger partial charge on any atom is 0.137 e. The predicted octanol–water partition coefficient (Wildman–Crippen LogP) is 7.25. The van der Waals surface area contributed by atoms with Crippen LogP contribution in [-0.4, -0.2) is 98.8 Å². The van der Waals surface area contributed by atoms with Crippen LogP contribution in [0, 0.1) is 17.1 Å². The first kappa shape index (κ1) is 39.6. The fraction of sp³-hybridized carbons (Fsp3) is 0.366. The number of piperazine rings is 1. The number of halogens is 2. The van der Waals surface area contributed by atoms with Crippen molar-refractivity contribution < 1.29 is 19.0 Å². The molecule has 3 aliphatic rings. The van der Waals surface area contributed by atoms with Gasteiger partial charge in [0.1, 0.15) is 17.3 Å². The molecule has 1 fully saturated rings. The van der Waals surface area contributed by atoms with Crippen molar-refractivity contribution in [3.8, 4) is 6.07 Å². The van der Waals surface area contributed by atoms with Crippen molar-refractivity contribution in [1.29, 1.82) is 5.26 Å². The number of nitriles is 1. The SMILES string of the molecule is Br.CN(C)CCCC1(c2ccc(F)cc2)OCc2cc(C#N)ccc21.OCCOCCN1CCN(C2=Nc3ccccc3Sc3ccccc32)CC1. The Morgan fingerprint density at radius 3 is 2.42 bits per heavy atom. The summed E-state index contributed by atoms with van der Waals surface area (Å²) in [7, 11) is 4.10. The van der Waals surface area contributed by atoms with E-state index in [1.807, 2.05) is 32.3 Å². The Morgan fingerprint density at radius 1 is 0.962 bits per heavy atom. The molecule has 4 aromatic carbocycles. The highest BCUT2D eigenvalue weighted by molar-refractivity contribution is 8.93. The molecule has 3 heterocycles. The Balaban J connectivity index is 0.000000199. The van der Waals surface area contributed by atoms with E-state index in [0.29, 0.717) is 25.4 Å². The third kappa shape index (κ3) is 9.49. The molecule has 0 saturated carbocycles. The molecule has 7 rings (SSSR count). The molecule has 1 unspecified atom stereocenters. The van der Waals surface area contributed by atoms with Crippen LogP contribution >= 0.6 is 28.7 Å². The summed E-state index contributed by atoms with van der Waals surface area (Å²) in [5.74, 6) is 0.833. The van der Waals surface area contributed by atoms with Crippen LogP contribution < -0.4 is 0 Å². The minimum absolute atomic E-state index is 0. The van der Waals surface area contributed by atoms with Gasteiger partial charge in [0.15, 0.2) is 0 Å². The molecule has 0 aromatic heterocycles. The van der Waals surface area contributed by atoms with E-state index in [2.05, 4.69) is 69.3 Å². The molecule has 0 radical (unpaired) electrons. The number of nitrogens with zero attached hydrogens (tertiary/aromatic N) is 5. The second-order valence-electron chi connectivity index (χ2n) is 13.2. The molecule has 274 valence electrons. The average molecular weight is 789 g/mol. The van der Waals surface area contributed by atoms with Crippen LogP contribution in [0.4, 0.5) is 10.1 Å². The molecule has 0 bridgehead atoms. The summed E-state index contributed by atoms with van der Waals surface area (Å²) < 4.78 is 25.0. The molecule has 4 aromatic rings. The molecule has 0 spiro atoms. The lowest BCUT2D eigenvalue weighted by Gasteiger charge is -2.36. The summed E-state index contributed by atoms with van der Waals surface area (Å²) in [6.45, 7) is 7.44. The maximum absolute atomic E-state index is 13.4. The van der Waals surface area contributed by atoms with Gasteiger partial charge in [-0.1, -0.05) is 60.3 Å². The molecular weight excluding hydrogens is 741 g/mol. The zero-order chi connectivity index (χ0) is 35.6. The van der Waals surface area contributed by atoms with Crippen molar-refractivity contribution in [2.75, 3.05) is 73.2 Å². The second-order valence-corrected chi connectivity index (χ2v) is 14.3. The van der Waals surface area contributed by atoms with E-state index in [4.69, 9.17) is 24.8 Å². The van der Waals surface area contributed by atoms with Gasteiger partial charge in [-0.15, -0.1) is 17.0 Å². The van der Waals surface area contributed by atoms with E-state index in [1.54, 1.807) is 23.9 Å². The topological polar surface area (TPSA) is 84.6 Å². The van der Waals surface area contributed by atoms with Crippen LogP contribution in [-0.2, 0) is 21.7 Å². The van der Waals surface area contributed by atoms with Gasteiger partial charge in [0.05, 0.1) is 43.7 Å². The Hall–Kier alpha value is -3.60. The van der Waals surface area contributed by atoms with Gasteiger partial charge in [0, 0.05) is 48.1 Å². The van der Waals surface area contributed by atoms with Crippen LogP contribution in [0.5, 0.6) is 0 Å². The van der Waals surface area contributed by atoms with Gasteiger partial charge >= 0.3 is 0 Å². The monoisotopic (exact) mass is 787 g/mol.